The maximum Gasteiger partial charge on any atom is 0.327 e. The van der Waals surface area contributed by atoms with E-state index in [1.807, 2.05) is 19.1 Å². The third kappa shape index (κ3) is 3.79. The first-order chi connectivity index (χ1) is 14.0. The van der Waals surface area contributed by atoms with Crippen LogP contribution in [0.5, 0.6) is 5.75 Å². The summed E-state index contributed by atoms with van der Waals surface area (Å²) in [5, 5.41) is 28.5. The molecule has 3 rings (SSSR count). The van der Waals surface area contributed by atoms with E-state index in [2.05, 4.69) is 12.1 Å². The molecule has 2 unspecified atom stereocenters. The molecule has 0 amide bonds. The van der Waals surface area contributed by atoms with Crippen LogP contribution in [0, 0.1) is 22.7 Å². The Balaban J connectivity index is 1.83. The van der Waals surface area contributed by atoms with Crippen molar-refractivity contribution in [3.8, 4) is 17.9 Å². The van der Waals surface area contributed by atoms with Crippen molar-refractivity contribution in [1.82, 2.24) is 4.90 Å². The van der Waals surface area contributed by atoms with E-state index in [1.165, 1.54) is 0 Å². The topological polar surface area (TPSA) is 97.3 Å². The lowest BCUT2D eigenvalue weighted by molar-refractivity contribution is -0.142. The van der Waals surface area contributed by atoms with Gasteiger partial charge in [-0.25, -0.2) is 4.79 Å². The van der Waals surface area contributed by atoms with Crippen molar-refractivity contribution in [2.45, 2.75) is 31.9 Å². The monoisotopic (exact) mass is 387 g/mol. The number of hydrogen-bond acceptors (Lipinski definition) is 5. The van der Waals surface area contributed by atoms with Crippen LogP contribution in [0.25, 0.3) is 0 Å². The number of ether oxygens (including phenoxy) is 1. The highest BCUT2D eigenvalue weighted by Crippen LogP contribution is 2.41. The third-order valence-electron chi connectivity index (χ3n) is 5.26. The Bertz CT molecular complexity index is 1030. The number of allylic oxidation sites excluding steroid dienone is 1. The van der Waals surface area contributed by atoms with Crippen molar-refractivity contribution < 1.29 is 14.6 Å². The molecule has 2 aromatic rings. The van der Waals surface area contributed by atoms with Crippen LogP contribution in [0.1, 0.15) is 36.0 Å². The molecule has 0 spiro atoms. The first-order valence-electron chi connectivity index (χ1n) is 9.31. The fourth-order valence-corrected chi connectivity index (χ4v) is 3.84. The predicted octanol–water partition coefficient (Wildman–Crippen LogP) is 3.81. The fraction of sp³-hybridized carbons (Fsp3) is 0.261. The van der Waals surface area contributed by atoms with Gasteiger partial charge in [0, 0.05) is 18.3 Å². The van der Waals surface area contributed by atoms with E-state index in [1.54, 1.807) is 48.3 Å². The van der Waals surface area contributed by atoms with Crippen LogP contribution in [0.2, 0.25) is 0 Å². The van der Waals surface area contributed by atoms with Crippen LogP contribution < -0.4 is 4.74 Å². The minimum atomic E-state index is -0.956. The Hall–Kier alpha value is -3.77. The highest BCUT2D eigenvalue weighted by Gasteiger charge is 2.43. The first kappa shape index (κ1) is 20.0. The molecule has 0 aromatic heterocycles. The van der Waals surface area contributed by atoms with Gasteiger partial charge in [0.25, 0.3) is 0 Å². The lowest BCUT2D eigenvalue weighted by atomic mass is 9.87. The second-order valence-electron chi connectivity index (χ2n) is 6.82. The number of benzene rings is 2. The largest absolute Gasteiger partial charge is 0.489 e. The molecule has 0 saturated heterocycles. The summed E-state index contributed by atoms with van der Waals surface area (Å²) in [7, 11) is 1.72. The molecule has 0 saturated carbocycles. The average Bonchev–Trinajstić information content (AvgIpc) is 3.04. The van der Waals surface area contributed by atoms with Gasteiger partial charge in [-0.15, -0.1) is 0 Å². The molecular weight excluding hydrogens is 366 g/mol. The van der Waals surface area contributed by atoms with Crippen LogP contribution in [0.4, 0.5) is 0 Å². The van der Waals surface area contributed by atoms with Crippen molar-refractivity contribution in [2.75, 3.05) is 7.05 Å². The van der Waals surface area contributed by atoms with E-state index in [0.717, 1.165) is 16.8 Å². The van der Waals surface area contributed by atoms with Crippen LogP contribution >= 0.6 is 0 Å². The Labute approximate surface area is 169 Å². The molecule has 0 bridgehead atoms. The van der Waals surface area contributed by atoms with Gasteiger partial charge in [-0.2, -0.15) is 10.5 Å². The van der Waals surface area contributed by atoms with E-state index in [0.29, 0.717) is 23.3 Å². The Kier molecular flexibility index (Phi) is 5.85. The number of carboxylic acids is 1. The summed E-state index contributed by atoms with van der Waals surface area (Å²) in [6.07, 6.45) is 0.596. The minimum absolute atomic E-state index is 0.260. The number of rotatable bonds is 6. The van der Waals surface area contributed by atoms with Crippen LogP contribution in [-0.4, -0.2) is 29.1 Å². The number of aliphatic carboxylic acids is 1. The summed E-state index contributed by atoms with van der Waals surface area (Å²) in [6, 6.07) is 17.9. The van der Waals surface area contributed by atoms with Crippen molar-refractivity contribution in [2.24, 2.45) is 0 Å². The van der Waals surface area contributed by atoms with Crippen LogP contribution in [-0.2, 0) is 11.4 Å². The first-order valence-corrected chi connectivity index (χ1v) is 9.31. The Morgan fingerprint density at radius 1 is 1.14 bits per heavy atom. The second-order valence-corrected chi connectivity index (χ2v) is 6.82. The molecule has 1 aliphatic heterocycles. The number of carbonyl (C=O) groups is 1. The molecule has 0 aliphatic carbocycles. The molecule has 2 aromatic carbocycles. The van der Waals surface area contributed by atoms with E-state index in [4.69, 9.17) is 10.00 Å². The Morgan fingerprint density at radius 3 is 2.41 bits per heavy atom. The van der Waals surface area contributed by atoms with E-state index < -0.39 is 17.9 Å². The van der Waals surface area contributed by atoms with Gasteiger partial charge >= 0.3 is 5.97 Å². The molecule has 0 fully saturated rings. The molecule has 29 heavy (non-hydrogen) atoms. The molecule has 1 aliphatic rings. The number of nitrogens with zero attached hydrogens (tertiary/aromatic N) is 3. The smallest absolute Gasteiger partial charge is 0.327 e. The van der Waals surface area contributed by atoms with E-state index in [-0.39, 0.29) is 6.61 Å². The van der Waals surface area contributed by atoms with Gasteiger partial charge in [-0.1, -0.05) is 37.3 Å². The molecule has 6 nitrogen and oxygen atoms in total. The average molecular weight is 387 g/mol. The van der Waals surface area contributed by atoms with Gasteiger partial charge in [0.05, 0.1) is 29.2 Å². The number of nitriles is 2. The lowest BCUT2D eigenvalue weighted by Gasteiger charge is -2.25. The highest BCUT2D eigenvalue weighted by molar-refractivity contribution is 5.78. The zero-order valence-electron chi connectivity index (χ0n) is 16.3. The van der Waals surface area contributed by atoms with Crippen LogP contribution in [0.3, 0.4) is 0 Å². The molecule has 1 N–H and O–H groups in total. The zero-order chi connectivity index (χ0) is 21.0. The minimum Gasteiger partial charge on any atom is -0.489 e. The summed E-state index contributed by atoms with van der Waals surface area (Å²) < 4.78 is 5.79. The van der Waals surface area contributed by atoms with Gasteiger partial charge in [0.15, 0.2) is 0 Å². The van der Waals surface area contributed by atoms with E-state index >= 15 is 0 Å². The Morgan fingerprint density at radius 2 is 1.83 bits per heavy atom. The molecule has 2 atom stereocenters. The van der Waals surface area contributed by atoms with Crippen molar-refractivity contribution in [3.63, 3.8) is 0 Å². The van der Waals surface area contributed by atoms with Crippen molar-refractivity contribution >= 4 is 5.97 Å². The summed E-state index contributed by atoms with van der Waals surface area (Å²) in [4.78, 5) is 13.6. The number of carboxylic acid groups (broad SMARTS) is 1. The standard InChI is InChI=1S/C23H21N3O3/c1-3-20-19(13-25)21(22(23(27)28)26(20)2)15-8-10-18(11-9-15)29-14-17-7-5-4-6-16(17)12-24/h4-11,21-22H,3,14H2,1-2H3,(H,27,28). The summed E-state index contributed by atoms with van der Waals surface area (Å²) in [6.45, 7) is 2.18. The lowest BCUT2D eigenvalue weighted by Crippen LogP contribution is -2.37. The maximum atomic E-state index is 11.9. The maximum absolute atomic E-state index is 11.9. The second kappa shape index (κ2) is 8.50. The molecule has 1 heterocycles. The summed E-state index contributed by atoms with van der Waals surface area (Å²) in [5.74, 6) is -0.870. The predicted molar refractivity (Wildman–Crippen MR) is 107 cm³/mol. The SMILES string of the molecule is CCC1=C(C#N)C(c2ccc(OCc3ccccc3C#N)cc2)C(C(=O)O)N1C. The highest BCUT2D eigenvalue weighted by atomic mass is 16.5. The van der Waals surface area contributed by atoms with E-state index in [9.17, 15) is 15.2 Å². The fourth-order valence-electron chi connectivity index (χ4n) is 3.84. The van der Waals surface area contributed by atoms with Crippen LogP contribution in [0.15, 0.2) is 59.8 Å². The van der Waals surface area contributed by atoms with Gasteiger partial charge in [0.1, 0.15) is 18.4 Å². The van der Waals surface area contributed by atoms with Gasteiger partial charge in [-0.05, 0) is 30.2 Å². The zero-order valence-corrected chi connectivity index (χ0v) is 16.3. The van der Waals surface area contributed by atoms with Gasteiger partial charge in [-0.3, -0.25) is 0 Å². The van der Waals surface area contributed by atoms with Crippen molar-refractivity contribution in [3.05, 3.63) is 76.5 Å². The molecule has 146 valence electrons. The quantitative estimate of drug-likeness (QED) is 0.809. The third-order valence-corrected chi connectivity index (χ3v) is 5.26. The summed E-state index contributed by atoms with van der Waals surface area (Å²) in [5.41, 5.74) is 3.38. The normalized spacial score (nSPS) is 18.3. The van der Waals surface area contributed by atoms with Gasteiger partial charge < -0.3 is 14.7 Å². The van der Waals surface area contributed by atoms with Crippen molar-refractivity contribution in [1.29, 1.82) is 10.5 Å². The summed E-state index contributed by atoms with van der Waals surface area (Å²) >= 11 is 0. The number of hydrogen-bond donors (Lipinski definition) is 1. The molecule has 6 heteroatoms. The number of likely N-dealkylation sites (N-methyl/N-ethyl adjacent to an activating group) is 1. The van der Waals surface area contributed by atoms with Gasteiger partial charge in [0.2, 0.25) is 0 Å². The molecule has 0 radical (unpaired) electrons. The molecular formula is C23H21N3O3.